The summed E-state index contributed by atoms with van der Waals surface area (Å²) in [6.07, 6.45) is 0. The predicted molar refractivity (Wildman–Crippen MR) is 233 cm³/mol. The molecule has 0 bridgehead atoms. The fraction of sp³-hybridized carbons (Fsp3) is 0.0566. The van der Waals surface area contributed by atoms with Crippen LogP contribution < -0.4 is 0 Å². The van der Waals surface area contributed by atoms with Crippen LogP contribution in [0, 0.1) is 0 Å². The van der Waals surface area contributed by atoms with Crippen LogP contribution >= 0.6 is 0 Å². The summed E-state index contributed by atoms with van der Waals surface area (Å²) in [5.41, 5.74) is 17.0. The van der Waals surface area contributed by atoms with Gasteiger partial charge < -0.3 is 0 Å². The molecule has 57 heavy (non-hydrogen) atoms. The van der Waals surface area contributed by atoms with Crippen LogP contribution in [0.3, 0.4) is 0 Å². The standard InChI is InChI=1S/C53H38N4/c1-53(2)44-29-16-15-28-42(44)43-31-30-40(33-45(43)53)51-49(38-24-13-6-14-25-38)56-50(48(57-51)37-22-11-5-12-23-37)39-26-17-27-41(32-39)52-54-46(35-18-7-3-8-19-35)34-47(55-52)36-20-9-4-10-21-36/h3-34H,1-2H3. The van der Waals surface area contributed by atoms with Gasteiger partial charge in [-0.25, -0.2) is 19.9 Å². The first-order chi connectivity index (χ1) is 28.0. The Bertz CT molecular complexity index is 2850. The van der Waals surface area contributed by atoms with Gasteiger partial charge in [0.25, 0.3) is 0 Å². The molecule has 1 aliphatic carbocycles. The lowest BCUT2D eigenvalue weighted by atomic mass is 9.81. The molecule has 0 saturated carbocycles. The molecular weight excluding hydrogens is 693 g/mol. The van der Waals surface area contributed by atoms with Crippen molar-refractivity contribution < 1.29 is 0 Å². The fourth-order valence-electron chi connectivity index (χ4n) is 8.18. The molecule has 0 amide bonds. The van der Waals surface area contributed by atoms with E-state index in [4.69, 9.17) is 19.9 Å². The van der Waals surface area contributed by atoms with E-state index in [1.165, 1.54) is 22.3 Å². The third kappa shape index (κ3) is 6.22. The molecular formula is C53H38N4. The van der Waals surface area contributed by atoms with Crippen molar-refractivity contribution in [3.63, 3.8) is 0 Å². The molecule has 9 aromatic rings. The molecule has 270 valence electrons. The zero-order chi connectivity index (χ0) is 38.3. The lowest BCUT2D eigenvalue weighted by molar-refractivity contribution is 0.660. The van der Waals surface area contributed by atoms with Crippen LogP contribution in [0.15, 0.2) is 194 Å². The van der Waals surface area contributed by atoms with Crippen LogP contribution in [-0.4, -0.2) is 19.9 Å². The van der Waals surface area contributed by atoms with Crippen molar-refractivity contribution in [1.82, 2.24) is 19.9 Å². The first-order valence-electron chi connectivity index (χ1n) is 19.4. The molecule has 1 aliphatic rings. The van der Waals surface area contributed by atoms with Gasteiger partial charge >= 0.3 is 0 Å². The SMILES string of the molecule is CC1(C)c2ccccc2-c2ccc(-c3nc(-c4ccccc4)c(-c4cccc(-c5nc(-c6ccccc6)cc(-c6ccccc6)n5)c4)nc3-c3ccccc3)cc21. The number of rotatable bonds is 7. The maximum Gasteiger partial charge on any atom is 0.160 e. The van der Waals surface area contributed by atoms with Gasteiger partial charge in [-0.05, 0) is 40.5 Å². The number of benzene rings is 7. The van der Waals surface area contributed by atoms with Crippen LogP contribution in [0.4, 0.5) is 0 Å². The van der Waals surface area contributed by atoms with E-state index in [2.05, 4.69) is 159 Å². The van der Waals surface area contributed by atoms with Gasteiger partial charge in [0.1, 0.15) is 0 Å². The minimum atomic E-state index is -0.148. The van der Waals surface area contributed by atoms with E-state index in [0.717, 1.165) is 73.1 Å². The van der Waals surface area contributed by atoms with Crippen LogP contribution in [0.2, 0.25) is 0 Å². The summed E-state index contributed by atoms with van der Waals surface area (Å²) in [7, 11) is 0. The monoisotopic (exact) mass is 730 g/mol. The summed E-state index contributed by atoms with van der Waals surface area (Å²) in [5, 5.41) is 0. The number of fused-ring (bicyclic) bond motifs is 3. The van der Waals surface area contributed by atoms with Gasteiger partial charge in [-0.3, -0.25) is 0 Å². The second kappa shape index (κ2) is 14.1. The van der Waals surface area contributed by atoms with E-state index < -0.39 is 0 Å². The normalized spacial score (nSPS) is 12.5. The van der Waals surface area contributed by atoms with Gasteiger partial charge in [-0.2, -0.15) is 0 Å². The molecule has 4 heteroatoms. The van der Waals surface area contributed by atoms with Crippen molar-refractivity contribution in [3.8, 4) is 90.1 Å². The molecule has 0 unspecified atom stereocenters. The van der Waals surface area contributed by atoms with Crippen molar-refractivity contribution in [2.45, 2.75) is 19.3 Å². The van der Waals surface area contributed by atoms with E-state index >= 15 is 0 Å². The summed E-state index contributed by atoms with van der Waals surface area (Å²) in [4.78, 5) is 21.5. The van der Waals surface area contributed by atoms with E-state index in [-0.39, 0.29) is 5.41 Å². The second-order valence-electron chi connectivity index (χ2n) is 15.1. The van der Waals surface area contributed by atoms with E-state index in [1.807, 2.05) is 48.5 Å². The highest BCUT2D eigenvalue weighted by Gasteiger charge is 2.35. The number of aromatic nitrogens is 4. The fourth-order valence-corrected chi connectivity index (χ4v) is 8.18. The Morgan fingerprint density at radius 1 is 0.298 bits per heavy atom. The average molecular weight is 731 g/mol. The first-order valence-corrected chi connectivity index (χ1v) is 19.4. The molecule has 0 radical (unpaired) electrons. The van der Waals surface area contributed by atoms with Crippen molar-refractivity contribution in [3.05, 3.63) is 205 Å². The highest BCUT2D eigenvalue weighted by molar-refractivity contribution is 5.90. The summed E-state index contributed by atoms with van der Waals surface area (Å²) < 4.78 is 0. The Balaban J connectivity index is 1.17. The quantitative estimate of drug-likeness (QED) is 0.164. The molecule has 0 aliphatic heterocycles. The van der Waals surface area contributed by atoms with Crippen LogP contribution in [0.5, 0.6) is 0 Å². The van der Waals surface area contributed by atoms with Crippen LogP contribution in [-0.2, 0) is 5.41 Å². The summed E-state index contributed by atoms with van der Waals surface area (Å²) in [6, 6.07) is 67.4. The van der Waals surface area contributed by atoms with Crippen molar-refractivity contribution in [2.75, 3.05) is 0 Å². The summed E-state index contributed by atoms with van der Waals surface area (Å²) in [5.74, 6) is 0.646. The minimum absolute atomic E-state index is 0.148. The highest BCUT2D eigenvalue weighted by Crippen LogP contribution is 2.50. The molecule has 0 fully saturated rings. The highest BCUT2D eigenvalue weighted by atomic mass is 14.9. The third-order valence-electron chi connectivity index (χ3n) is 11.1. The molecule has 0 N–H and O–H groups in total. The van der Waals surface area contributed by atoms with Crippen molar-refractivity contribution >= 4 is 0 Å². The first kappa shape index (κ1) is 34.2. The summed E-state index contributed by atoms with van der Waals surface area (Å²) >= 11 is 0. The maximum absolute atomic E-state index is 5.60. The Hall–Kier alpha value is -7.30. The third-order valence-corrected chi connectivity index (χ3v) is 11.1. The van der Waals surface area contributed by atoms with Gasteiger partial charge in [0.15, 0.2) is 5.82 Å². The molecule has 2 heterocycles. The van der Waals surface area contributed by atoms with Crippen LogP contribution in [0.1, 0.15) is 25.0 Å². The van der Waals surface area contributed by atoms with Gasteiger partial charge in [0.05, 0.1) is 34.2 Å². The predicted octanol–water partition coefficient (Wildman–Crippen LogP) is 13.2. The zero-order valence-corrected chi connectivity index (χ0v) is 31.8. The van der Waals surface area contributed by atoms with Crippen molar-refractivity contribution in [1.29, 1.82) is 0 Å². The van der Waals surface area contributed by atoms with Gasteiger partial charge in [0, 0.05) is 44.4 Å². The summed E-state index contributed by atoms with van der Waals surface area (Å²) in [6.45, 7) is 4.64. The molecule has 4 nitrogen and oxygen atoms in total. The van der Waals surface area contributed by atoms with E-state index in [9.17, 15) is 0 Å². The molecule has 0 saturated heterocycles. The van der Waals surface area contributed by atoms with Gasteiger partial charge in [-0.15, -0.1) is 0 Å². The Labute approximate surface area is 333 Å². The van der Waals surface area contributed by atoms with Crippen molar-refractivity contribution in [2.24, 2.45) is 0 Å². The van der Waals surface area contributed by atoms with Gasteiger partial charge in [0.2, 0.25) is 0 Å². The van der Waals surface area contributed by atoms with E-state index in [0.29, 0.717) is 5.82 Å². The van der Waals surface area contributed by atoms with E-state index in [1.54, 1.807) is 0 Å². The smallest absolute Gasteiger partial charge is 0.160 e. The Morgan fingerprint density at radius 2 is 0.719 bits per heavy atom. The largest absolute Gasteiger partial charge is 0.243 e. The molecule has 2 aromatic heterocycles. The molecule has 0 spiro atoms. The maximum atomic E-state index is 5.60. The second-order valence-corrected chi connectivity index (χ2v) is 15.1. The molecule has 10 rings (SSSR count). The Morgan fingerprint density at radius 3 is 1.28 bits per heavy atom. The number of hydrogen-bond donors (Lipinski definition) is 0. The molecule has 0 atom stereocenters. The average Bonchev–Trinajstić information content (AvgIpc) is 3.52. The zero-order valence-electron chi connectivity index (χ0n) is 31.8. The minimum Gasteiger partial charge on any atom is -0.243 e. The van der Waals surface area contributed by atoms with Gasteiger partial charge in [-0.1, -0.05) is 190 Å². The molecule has 7 aromatic carbocycles. The topological polar surface area (TPSA) is 51.6 Å². The number of hydrogen-bond acceptors (Lipinski definition) is 4. The lowest BCUT2D eigenvalue weighted by Crippen LogP contribution is -2.15. The lowest BCUT2D eigenvalue weighted by Gasteiger charge is -2.22. The van der Waals surface area contributed by atoms with Crippen LogP contribution in [0.25, 0.3) is 90.1 Å². The number of nitrogens with zero attached hydrogens (tertiary/aromatic N) is 4. The Kier molecular flexibility index (Phi) is 8.45.